The van der Waals surface area contributed by atoms with E-state index in [1.54, 1.807) is 35.3 Å². The fourth-order valence-electron chi connectivity index (χ4n) is 4.84. The van der Waals surface area contributed by atoms with E-state index in [1.165, 1.54) is 13.2 Å². The molecule has 0 radical (unpaired) electrons. The van der Waals surface area contributed by atoms with Gasteiger partial charge in [-0.1, -0.05) is 0 Å². The summed E-state index contributed by atoms with van der Waals surface area (Å²) in [6, 6.07) is 14.3. The smallest absolute Gasteiger partial charge is 0.310 e. The van der Waals surface area contributed by atoms with Crippen molar-refractivity contribution in [1.82, 2.24) is 9.78 Å². The average Bonchev–Trinajstić information content (AvgIpc) is 3.59. The summed E-state index contributed by atoms with van der Waals surface area (Å²) in [6.07, 6.45) is 4.27. The Morgan fingerprint density at radius 1 is 1.17 bits per heavy atom. The summed E-state index contributed by atoms with van der Waals surface area (Å²) in [5, 5.41) is 6.10. The maximum absolute atomic E-state index is 15.0. The first-order valence-corrected chi connectivity index (χ1v) is 11.6. The van der Waals surface area contributed by atoms with Gasteiger partial charge in [-0.25, -0.2) is 4.39 Å². The number of fused-ring (bicyclic) bond motifs is 3. The third-order valence-electron chi connectivity index (χ3n) is 6.66. The number of nitrogens with zero attached hydrogens (tertiary/aromatic N) is 2. The molecule has 8 heteroatoms. The summed E-state index contributed by atoms with van der Waals surface area (Å²) >= 11 is 0. The fourth-order valence-corrected chi connectivity index (χ4v) is 4.84. The van der Waals surface area contributed by atoms with E-state index in [1.807, 2.05) is 31.3 Å². The van der Waals surface area contributed by atoms with Crippen LogP contribution in [0.3, 0.4) is 0 Å². The van der Waals surface area contributed by atoms with E-state index in [9.17, 15) is 9.18 Å². The van der Waals surface area contributed by atoms with Crippen molar-refractivity contribution in [3.63, 3.8) is 0 Å². The first-order valence-electron chi connectivity index (χ1n) is 11.6. The molecule has 2 aromatic heterocycles. The summed E-state index contributed by atoms with van der Waals surface area (Å²) in [7, 11) is 3.23. The van der Waals surface area contributed by atoms with Crippen LogP contribution in [0.15, 0.2) is 65.4 Å². The van der Waals surface area contributed by atoms with Gasteiger partial charge in [0.2, 0.25) is 0 Å². The van der Waals surface area contributed by atoms with Gasteiger partial charge in [0.15, 0.2) is 0 Å². The van der Waals surface area contributed by atoms with Crippen molar-refractivity contribution in [3.8, 4) is 17.2 Å². The van der Waals surface area contributed by atoms with Gasteiger partial charge in [-0.05, 0) is 49.2 Å². The van der Waals surface area contributed by atoms with Gasteiger partial charge in [0.05, 0.1) is 31.5 Å². The maximum Gasteiger partial charge on any atom is 0.310 e. The van der Waals surface area contributed by atoms with Crippen LogP contribution >= 0.6 is 0 Å². The normalized spacial score (nSPS) is 14.8. The Morgan fingerprint density at radius 3 is 2.89 bits per heavy atom. The molecule has 36 heavy (non-hydrogen) atoms. The molecule has 5 aromatic rings. The van der Waals surface area contributed by atoms with Crippen LogP contribution in [0, 0.1) is 5.82 Å². The second-order valence-electron chi connectivity index (χ2n) is 8.85. The van der Waals surface area contributed by atoms with Gasteiger partial charge in [0, 0.05) is 46.6 Å². The van der Waals surface area contributed by atoms with E-state index >= 15 is 0 Å². The van der Waals surface area contributed by atoms with Gasteiger partial charge >= 0.3 is 5.97 Å². The molecule has 0 unspecified atom stereocenters. The quantitative estimate of drug-likeness (QED) is 0.273. The van der Waals surface area contributed by atoms with Crippen LogP contribution in [0.5, 0.6) is 17.2 Å². The molecule has 0 fully saturated rings. The Morgan fingerprint density at radius 2 is 2.03 bits per heavy atom. The molecule has 1 aliphatic carbocycles. The second kappa shape index (κ2) is 8.71. The molecule has 3 aromatic carbocycles. The number of methoxy groups -OCH3 is 1. The predicted molar refractivity (Wildman–Crippen MR) is 131 cm³/mol. The number of esters is 1. The van der Waals surface area contributed by atoms with E-state index < -0.39 is 6.10 Å². The molecule has 0 saturated carbocycles. The Balaban J connectivity index is 1.26. The molecule has 7 nitrogen and oxygen atoms in total. The number of furan rings is 1. The van der Waals surface area contributed by atoms with Gasteiger partial charge in [-0.3, -0.25) is 9.48 Å². The van der Waals surface area contributed by atoms with Gasteiger partial charge < -0.3 is 18.6 Å². The number of carbonyl (C=O) groups is 1. The number of aryl methyl sites for hydroxylation is 1. The topological polar surface area (TPSA) is 75.7 Å². The Labute approximate surface area is 206 Å². The highest BCUT2D eigenvalue weighted by Gasteiger charge is 2.31. The lowest BCUT2D eigenvalue weighted by Crippen LogP contribution is -2.06. The van der Waals surface area contributed by atoms with Gasteiger partial charge in [-0.2, -0.15) is 5.10 Å². The molecule has 1 aliphatic rings. The third-order valence-corrected chi connectivity index (χ3v) is 6.66. The molecule has 182 valence electrons. The monoisotopic (exact) mass is 486 g/mol. The zero-order valence-corrected chi connectivity index (χ0v) is 19.8. The standard InChI is InChI=1S/C28H23FN2O5/c1-31-23-12-18(4-3-16(23)14-30-31)35-24-10-8-22(29)28-21(24)7-9-25(28)36-19-5-6-20-17(11-27(32)33-2)15-34-26(20)13-19/h3-6,8,10,12-15,25H,7,9,11H2,1-2H3/t25-/m1/s1. The van der Waals surface area contributed by atoms with Crippen LogP contribution in [-0.2, 0) is 29.4 Å². The molecule has 0 bridgehead atoms. The first kappa shape index (κ1) is 22.2. The zero-order valence-electron chi connectivity index (χ0n) is 19.8. The van der Waals surface area contributed by atoms with E-state index in [-0.39, 0.29) is 18.2 Å². The number of halogens is 1. The number of hydrogen-bond acceptors (Lipinski definition) is 6. The van der Waals surface area contributed by atoms with E-state index in [0.717, 1.165) is 27.4 Å². The minimum absolute atomic E-state index is 0.126. The van der Waals surface area contributed by atoms with Crippen LogP contribution in [0.4, 0.5) is 4.39 Å². The van der Waals surface area contributed by atoms with Crippen molar-refractivity contribution >= 4 is 27.8 Å². The van der Waals surface area contributed by atoms with Gasteiger partial charge in [-0.15, -0.1) is 0 Å². The number of ether oxygens (including phenoxy) is 3. The van der Waals surface area contributed by atoms with Crippen molar-refractivity contribution in [2.24, 2.45) is 7.05 Å². The van der Waals surface area contributed by atoms with Crippen molar-refractivity contribution < 1.29 is 27.8 Å². The maximum atomic E-state index is 15.0. The largest absolute Gasteiger partial charge is 0.485 e. The van der Waals surface area contributed by atoms with E-state index in [2.05, 4.69) is 5.10 Å². The Bertz CT molecular complexity index is 1620. The number of hydrogen-bond donors (Lipinski definition) is 0. The second-order valence-corrected chi connectivity index (χ2v) is 8.85. The number of carbonyl (C=O) groups excluding carboxylic acids is 1. The lowest BCUT2D eigenvalue weighted by Gasteiger charge is -2.17. The average molecular weight is 486 g/mol. The fraction of sp³-hybridized carbons (Fsp3) is 0.214. The van der Waals surface area contributed by atoms with E-state index in [0.29, 0.717) is 41.2 Å². The number of benzene rings is 3. The Hall–Kier alpha value is -4.33. The third kappa shape index (κ3) is 3.84. The van der Waals surface area contributed by atoms with Crippen LogP contribution in [-0.4, -0.2) is 22.9 Å². The highest BCUT2D eigenvalue weighted by molar-refractivity contribution is 5.86. The summed E-state index contributed by atoms with van der Waals surface area (Å²) in [6.45, 7) is 0. The van der Waals surface area contributed by atoms with Crippen LogP contribution in [0.2, 0.25) is 0 Å². The molecule has 1 atom stereocenters. The molecule has 0 spiro atoms. The van der Waals surface area contributed by atoms with Crippen LogP contribution < -0.4 is 9.47 Å². The summed E-state index contributed by atoms with van der Waals surface area (Å²) < 4.78 is 39.5. The van der Waals surface area contributed by atoms with Crippen LogP contribution in [0.25, 0.3) is 21.9 Å². The lowest BCUT2D eigenvalue weighted by atomic mass is 10.1. The molecular formula is C28H23FN2O5. The van der Waals surface area contributed by atoms with E-state index in [4.69, 9.17) is 18.6 Å². The zero-order chi connectivity index (χ0) is 24.8. The van der Waals surface area contributed by atoms with Gasteiger partial charge in [0.25, 0.3) is 0 Å². The number of rotatable bonds is 6. The van der Waals surface area contributed by atoms with Crippen molar-refractivity contribution in [3.05, 3.63) is 83.5 Å². The van der Waals surface area contributed by atoms with Gasteiger partial charge in [0.1, 0.15) is 34.8 Å². The lowest BCUT2D eigenvalue weighted by molar-refractivity contribution is -0.139. The predicted octanol–water partition coefficient (Wildman–Crippen LogP) is 6.03. The minimum Gasteiger partial charge on any atom is -0.485 e. The highest BCUT2D eigenvalue weighted by Crippen LogP contribution is 2.43. The summed E-state index contributed by atoms with van der Waals surface area (Å²) in [5.74, 6) is 1.19. The molecule has 0 N–H and O–H groups in total. The summed E-state index contributed by atoms with van der Waals surface area (Å²) in [4.78, 5) is 11.6. The van der Waals surface area contributed by atoms with Crippen molar-refractivity contribution in [2.75, 3.05) is 7.11 Å². The highest BCUT2D eigenvalue weighted by atomic mass is 19.1. The molecule has 0 aliphatic heterocycles. The minimum atomic E-state index is -0.454. The first-order chi connectivity index (χ1) is 17.5. The molecule has 0 saturated heterocycles. The van der Waals surface area contributed by atoms with Crippen molar-refractivity contribution in [2.45, 2.75) is 25.4 Å². The summed E-state index contributed by atoms with van der Waals surface area (Å²) in [5.41, 5.74) is 3.61. The molecule has 2 heterocycles. The Kier molecular flexibility index (Phi) is 5.36. The number of aromatic nitrogens is 2. The van der Waals surface area contributed by atoms with Crippen molar-refractivity contribution in [1.29, 1.82) is 0 Å². The molecule has 6 rings (SSSR count). The van der Waals surface area contributed by atoms with Crippen LogP contribution in [0.1, 0.15) is 29.2 Å². The molecule has 0 amide bonds. The SMILES string of the molecule is COC(=O)Cc1coc2cc(O[C@@H]3CCc4c(Oc5ccc6cnn(C)c6c5)ccc(F)c43)ccc12. The molecular weight excluding hydrogens is 463 g/mol.